The molecule has 5 heteroatoms. The minimum atomic E-state index is -3.28. The lowest BCUT2D eigenvalue weighted by Gasteiger charge is -2.05. The zero-order valence-corrected chi connectivity index (χ0v) is 9.97. The summed E-state index contributed by atoms with van der Waals surface area (Å²) in [4.78, 5) is 0. The van der Waals surface area contributed by atoms with Crippen LogP contribution in [0.3, 0.4) is 0 Å². The van der Waals surface area contributed by atoms with E-state index in [0.29, 0.717) is 17.9 Å². The first kappa shape index (κ1) is 12.6. The highest BCUT2D eigenvalue weighted by atomic mass is 32.2. The summed E-state index contributed by atoms with van der Waals surface area (Å²) in [5.74, 6) is 5.61. The number of para-hydroxylation sites is 1. The number of anilines is 1. The van der Waals surface area contributed by atoms with Gasteiger partial charge in [0.25, 0.3) is 0 Å². The van der Waals surface area contributed by atoms with Crippen molar-refractivity contribution in [3.8, 4) is 11.8 Å². The number of hydrogen-bond donors (Lipinski definition) is 1. The molecule has 0 saturated heterocycles. The molecular weight excluding hydrogens is 226 g/mol. The molecule has 0 spiro atoms. The van der Waals surface area contributed by atoms with Gasteiger partial charge in [-0.05, 0) is 12.1 Å². The Balaban J connectivity index is 2.98. The quantitative estimate of drug-likeness (QED) is 0.802. The molecule has 0 aromatic heterocycles. The second-order valence-electron chi connectivity index (χ2n) is 3.15. The molecule has 1 aromatic carbocycles. The van der Waals surface area contributed by atoms with E-state index in [4.69, 9.17) is 4.74 Å². The molecule has 0 aliphatic heterocycles. The van der Waals surface area contributed by atoms with Gasteiger partial charge in [-0.2, -0.15) is 0 Å². The van der Waals surface area contributed by atoms with Gasteiger partial charge in [0.2, 0.25) is 10.0 Å². The molecule has 1 rings (SSSR count). The third-order valence-corrected chi connectivity index (χ3v) is 2.25. The van der Waals surface area contributed by atoms with Gasteiger partial charge in [0.05, 0.1) is 11.9 Å². The largest absolute Gasteiger partial charge is 0.372 e. The summed E-state index contributed by atoms with van der Waals surface area (Å²) in [6.07, 6.45) is 1.10. The number of sulfonamides is 1. The maximum atomic E-state index is 11.1. The van der Waals surface area contributed by atoms with Crippen molar-refractivity contribution in [3.63, 3.8) is 0 Å². The Morgan fingerprint density at radius 2 is 2.06 bits per heavy atom. The van der Waals surface area contributed by atoms with E-state index in [-0.39, 0.29) is 0 Å². The average molecular weight is 239 g/mol. The van der Waals surface area contributed by atoms with E-state index in [1.54, 1.807) is 31.4 Å². The monoisotopic (exact) mass is 239 g/mol. The second-order valence-corrected chi connectivity index (χ2v) is 4.90. The maximum Gasteiger partial charge on any atom is 0.229 e. The van der Waals surface area contributed by atoms with Crippen LogP contribution in [0.1, 0.15) is 5.56 Å². The molecule has 0 atom stereocenters. The first-order chi connectivity index (χ1) is 7.53. The lowest BCUT2D eigenvalue weighted by Crippen LogP contribution is -2.10. The van der Waals surface area contributed by atoms with Gasteiger partial charge < -0.3 is 4.74 Å². The molecule has 0 saturated carbocycles. The summed E-state index contributed by atoms with van der Waals surface area (Å²) in [5.41, 5.74) is 1.11. The minimum absolute atomic E-state index is 0.313. The highest BCUT2D eigenvalue weighted by Gasteiger charge is 2.04. The molecule has 4 nitrogen and oxygen atoms in total. The molecule has 0 heterocycles. The van der Waals surface area contributed by atoms with Crippen molar-refractivity contribution in [2.45, 2.75) is 0 Å². The van der Waals surface area contributed by atoms with Gasteiger partial charge in [0.1, 0.15) is 6.61 Å². The van der Waals surface area contributed by atoms with Gasteiger partial charge >= 0.3 is 0 Å². The molecule has 0 unspecified atom stereocenters. The minimum Gasteiger partial charge on any atom is -0.372 e. The van der Waals surface area contributed by atoms with E-state index in [2.05, 4.69) is 16.6 Å². The number of benzene rings is 1. The van der Waals surface area contributed by atoms with Crippen LogP contribution < -0.4 is 4.72 Å². The van der Waals surface area contributed by atoms with Crippen LogP contribution in [0, 0.1) is 11.8 Å². The molecule has 16 heavy (non-hydrogen) atoms. The van der Waals surface area contributed by atoms with Crippen LogP contribution in [0.2, 0.25) is 0 Å². The lowest BCUT2D eigenvalue weighted by atomic mass is 10.2. The number of nitrogens with one attached hydrogen (secondary N) is 1. The van der Waals surface area contributed by atoms with Gasteiger partial charge in [-0.3, -0.25) is 4.72 Å². The highest BCUT2D eigenvalue weighted by Crippen LogP contribution is 2.14. The Labute approximate surface area is 95.7 Å². The summed E-state index contributed by atoms with van der Waals surface area (Å²) in [5, 5.41) is 0. The summed E-state index contributed by atoms with van der Waals surface area (Å²) >= 11 is 0. The van der Waals surface area contributed by atoms with E-state index in [1.807, 2.05) is 0 Å². The molecule has 0 radical (unpaired) electrons. The Morgan fingerprint density at radius 1 is 1.38 bits per heavy atom. The Bertz CT molecular complexity index is 512. The zero-order valence-electron chi connectivity index (χ0n) is 9.15. The third-order valence-electron chi connectivity index (χ3n) is 1.66. The average Bonchev–Trinajstić information content (AvgIpc) is 2.19. The van der Waals surface area contributed by atoms with E-state index < -0.39 is 10.0 Å². The molecule has 1 aromatic rings. The van der Waals surface area contributed by atoms with Crippen LogP contribution in [-0.2, 0) is 14.8 Å². The Morgan fingerprint density at radius 3 is 2.69 bits per heavy atom. The second kappa shape index (κ2) is 5.54. The Kier molecular flexibility index (Phi) is 4.35. The van der Waals surface area contributed by atoms with Gasteiger partial charge in [0.15, 0.2) is 0 Å². The van der Waals surface area contributed by atoms with Crippen molar-refractivity contribution in [2.24, 2.45) is 0 Å². The SMILES string of the molecule is COCC#Cc1ccccc1NS(C)(=O)=O. The van der Waals surface area contributed by atoms with Gasteiger partial charge in [-0.25, -0.2) is 8.42 Å². The molecule has 0 fully saturated rings. The first-order valence-corrected chi connectivity index (χ1v) is 6.46. The van der Waals surface area contributed by atoms with E-state index in [0.717, 1.165) is 6.26 Å². The molecule has 86 valence electrons. The van der Waals surface area contributed by atoms with Crippen molar-refractivity contribution in [1.29, 1.82) is 0 Å². The number of rotatable bonds is 3. The van der Waals surface area contributed by atoms with Gasteiger partial charge in [-0.1, -0.05) is 24.0 Å². The van der Waals surface area contributed by atoms with Crippen LogP contribution in [0.25, 0.3) is 0 Å². The van der Waals surface area contributed by atoms with Crippen molar-refractivity contribution >= 4 is 15.7 Å². The molecule has 0 aliphatic carbocycles. The van der Waals surface area contributed by atoms with Crippen molar-refractivity contribution in [3.05, 3.63) is 29.8 Å². The Hall–Kier alpha value is -1.51. The van der Waals surface area contributed by atoms with Gasteiger partial charge in [0, 0.05) is 12.7 Å². The number of ether oxygens (including phenoxy) is 1. The van der Waals surface area contributed by atoms with Crippen LogP contribution in [-0.4, -0.2) is 28.4 Å². The predicted molar refractivity (Wildman–Crippen MR) is 63.7 cm³/mol. The van der Waals surface area contributed by atoms with Crippen molar-refractivity contribution in [1.82, 2.24) is 0 Å². The number of hydrogen-bond acceptors (Lipinski definition) is 3. The summed E-state index contributed by atoms with van der Waals surface area (Å²) in [6, 6.07) is 6.95. The van der Waals surface area contributed by atoms with Crippen LogP contribution in [0.15, 0.2) is 24.3 Å². The van der Waals surface area contributed by atoms with Crippen molar-refractivity contribution in [2.75, 3.05) is 24.7 Å². The topological polar surface area (TPSA) is 55.4 Å². The van der Waals surface area contributed by atoms with Gasteiger partial charge in [-0.15, -0.1) is 0 Å². The van der Waals surface area contributed by atoms with E-state index in [9.17, 15) is 8.42 Å². The molecule has 1 N–H and O–H groups in total. The first-order valence-electron chi connectivity index (χ1n) is 4.57. The molecule has 0 aliphatic rings. The summed E-state index contributed by atoms with van der Waals surface area (Å²) in [7, 11) is -1.73. The van der Waals surface area contributed by atoms with E-state index in [1.165, 1.54) is 0 Å². The molecular formula is C11H13NO3S. The predicted octanol–water partition coefficient (Wildman–Crippen LogP) is 1.06. The van der Waals surface area contributed by atoms with Crippen molar-refractivity contribution < 1.29 is 13.2 Å². The lowest BCUT2D eigenvalue weighted by molar-refractivity contribution is 0.240. The standard InChI is InChI=1S/C11H13NO3S/c1-15-9-5-7-10-6-3-4-8-11(10)12-16(2,13)14/h3-4,6,8,12H,9H2,1-2H3. The molecule has 0 amide bonds. The maximum absolute atomic E-state index is 11.1. The number of methoxy groups -OCH3 is 1. The third kappa shape index (κ3) is 4.34. The van der Waals surface area contributed by atoms with Crippen LogP contribution in [0.5, 0.6) is 0 Å². The van der Waals surface area contributed by atoms with E-state index >= 15 is 0 Å². The highest BCUT2D eigenvalue weighted by molar-refractivity contribution is 7.92. The van der Waals surface area contributed by atoms with Crippen LogP contribution in [0.4, 0.5) is 5.69 Å². The summed E-state index contributed by atoms with van der Waals surface area (Å²) in [6.45, 7) is 0.313. The smallest absolute Gasteiger partial charge is 0.229 e. The normalized spacial score (nSPS) is 10.4. The summed E-state index contributed by atoms with van der Waals surface area (Å²) < 4.78 is 29.4. The van der Waals surface area contributed by atoms with Crippen LogP contribution >= 0.6 is 0 Å². The fourth-order valence-corrected chi connectivity index (χ4v) is 1.66. The fraction of sp³-hybridized carbons (Fsp3) is 0.273. The zero-order chi connectivity index (χ0) is 12.0. The molecule has 0 bridgehead atoms. The fourth-order valence-electron chi connectivity index (χ4n) is 1.08.